The predicted molar refractivity (Wildman–Crippen MR) is 83.8 cm³/mol. The van der Waals surface area contributed by atoms with Crippen LogP contribution in [0.2, 0.25) is 0 Å². The second-order valence-corrected chi connectivity index (χ2v) is 5.87. The fourth-order valence-electron chi connectivity index (χ4n) is 2.51. The molecule has 1 aliphatic heterocycles. The molecular weight excluding hydrogens is 252 g/mol. The number of hydrogen-bond acceptors (Lipinski definition) is 4. The first-order valence-corrected chi connectivity index (χ1v) is 7.55. The van der Waals surface area contributed by atoms with Crippen LogP contribution < -0.4 is 10.6 Å². The summed E-state index contributed by atoms with van der Waals surface area (Å²) >= 11 is 0. The summed E-state index contributed by atoms with van der Waals surface area (Å²) in [5.74, 6) is 0.603. The molecule has 5 heteroatoms. The molecule has 0 saturated carbocycles. The van der Waals surface area contributed by atoms with E-state index in [2.05, 4.69) is 47.9 Å². The number of amides is 1. The zero-order valence-electron chi connectivity index (χ0n) is 13.2. The van der Waals surface area contributed by atoms with Crippen molar-refractivity contribution in [1.29, 1.82) is 0 Å². The van der Waals surface area contributed by atoms with Crippen LogP contribution in [0.3, 0.4) is 0 Å². The Kier molecular flexibility index (Phi) is 7.80. The van der Waals surface area contributed by atoms with Gasteiger partial charge in [0.1, 0.15) is 0 Å². The standard InChI is InChI=1S/C15H30N4O/c1-5-6-16-12-15(20)17-11-14(13(2)3)19-9-7-18(4)8-10-19/h5,13-14,16H,1,6-12H2,2-4H3,(H,17,20). The van der Waals surface area contributed by atoms with Gasteiger partial charge < -0.3 is 15.5 Å². The molecule has 0 aromatic heterocycles. The lowest BCUT2D eigenvalue weighted by Gasteiger charge is -2.39. The van der Waals surface area contributed by atoms with E-state index < -0.39 is 0 Å². The molecule has 0 aromatic rings. The van der Waals surface area contributed by atoms with E-state index in [4.69, 9.17) is 0 Å². The molecule has 116 valence electrons. The van der Waals surface area contributed by atoms with E-state index in [1.165, 1.54) is 0 Å². The zero-order chi connectivity index (χ0) is 15.0. The maximum absolute atomic E-state index is 11.7. The third-order valence-corrected chi connectivity index (χ3v) is 3.86. The molecule has 1 rings (SSSR count). The van der Waals surface area contributed by atoms with Gasteiger partial charge in [0.15, 0.2) is 0 Å². The number of piperazine rings is 1. The summed E-state index contributed by atoms with van der Waals surface area (Å²) in [5.41, 5.74) is 0. The van der Waals surface area contributed by atoms with E-state index in [1.807, 2.05) is 0 Å². The number of carbonyl (C=O) groups excluding carboxylic acids is 1. The summed E-state index contributed by atoms with van der Waals surface area (Å²) in [5, 5.41) is 6.06. The smallest absolute Gasteiger partial charge is 0.234 e. The average molecular weight is 282 g/mol. The number of nitrogens with zero attached hydrogens (tertiary/aromatic N) is 2. The van der Waals surface area contributed by atoms with Gasteiger partial charge in [0.05, 0.1) is 6.54 Å². The van der Waals surface area contributed by atoms with Crippen molar-refractivity contribution in [2.24, 2.45) is 5.92 Å². The SMILES string of the molecule is C=CCNCC(=O)NCC(C(C)C)N1CCN(C)CC1. The van der Waals surface area contributed by atoms with E-state index in [9.17, 15) is 4.79 Å². The first kappa shape index (κ1) is 17.1. The maximum Gasteiger partial charge on any atom is 0.234 e. The molecule has 2 N–H and O–H groups in total. The van der Waals surface area contributed by atoms with E-state index in [-0.39, 0.29) is 5.91 Å². The lowest BCUT2D eigenvalue weighted by atomic mass is 10.0. The summed E-state index contributed by atoms with van der Waals surface area (Å²) in [6.45, 7) is 14.2. The van der Waals surface area contributed by atoms with Crippen LogP contribution >= 0.6 is 0 Å². The average Bonchev–Trinajstić information content (AvgIpc) is 2.41. The molecule has 1 aliphatic rings. The highest BCUT2D eigenvalue weighted by atomic mass is 16.1. The van der Waals surface area contributed by atoms with Crippen molar-refractivity contribution in [2.45, 2.75) is 19.9 Å². The first-order chi connectivity index (χ1) is 9.54. The number of likely N-dealkylation sites (N-methyl/N-ethyl adjacent to an activating group) is 1. The fraction of sp³-hybridized carbons (Fsp3) is 0.800. The van der Waals surface area contributed by atoms with Crippen LogP contribution in [0.15, 0.2) is 12.7 Å². The van der Waals surface area contributed by atoms with Gasteiger partial charge in [-0.1, -0.05) is 19.9 Å². The number of carbonyl (C=O) groups is 1. The van der Waals surface area contributed by atoms with Crippen LogP contribution in [0, 0.1) is 5.92 Å². The van der Waals surface area contributed by atoms with Crippen molar-refractivity contribution < 1.29 is 4.79 Å². The quantitative estimate of drug-likeness (QED) is 0.491. The summed E-state index contributed by atoms with van der Waals surface area (Å²) in [6, 6.07) is 0.423. The van der Waals surface area contributed by atoms with E-state index in [0.29, 0.717) is 25.0 Å². The number of hydrogen-bond donors (Lipinski definition) is 2. The van der Waals surface area contributed by atoms with Crippen molar-refractivity contribution in [2.75, 3.05) is 52.9 Å². The van der Waals surface area contributed by atoms with E-state index in [0.717, 1.165) is 32.7 Å². The molecule has 0 bridgehead atoms. The van der Waals surface area contributed by atoms with Crippen LogP contribution in [0.5, 0.6) is 0 Å². The van der Waals surface area contributed by atoms with Gasteiger partial charge in [0.2, 0.25) is 5.91 Å². The van der Waals surface area contributed by atoms with E-state index in [1.54, 1.807) is 6.08 Å². The molecule has 0 radical (unpaired) electrons. The second-order valence-electron chi connectivity index (χ2n) is 5.87. The minimum Gasteiger partial charge on any atom is -0.353 e. The van der Waals surface area contributed by atoms with Gasteiger partial charge in [-0.15, -0.1) is 6.58 Å². The van der Waals surface area contributed by atoms with Crippen LogP contribution in [-0.4, -0.2) is 74.6 Å². The lowest BCUT2D eigenvalue weighted by Crippen LogP contribution is -2.54. The predicted octanol–water partition coefficient (Wildman–Crippen LogP) is 0.150. The minimum absolute atomic E-state index is 0.0617. The van der Waals surface area contributed by atoms with Crippen molar-refractivity contribution in [3.8, 4) is 0 Å². The van der Waals surface area contributed by atoms with Gasteiger partial charge in [0.25, 0.3) is 0 Å². The van der Waals surface area contributed by atoms with Crippen LogP contribution in [0.1, 0.15) is 13.8 Å². The molecule has 0 spiro atoms. The molecular formula is C15H30N4O. The second kappa shape index (κ2) is 9.10. The van der Waals surface area contributed by atoms with Crippen LogP contribution in [0.4, 0.5) is 0 Å². The molecule has 0 aliphatic carbocycles. The van der Waals surface area contributed by atoms with Gasteiger partial charge in [-0.25, -0.2) is 0 Å². The molecule has 1 fully saturated rings. The highest BCUT2D eigenvalue weighted by molar-refractivity contribution is 5.78. The van der Waals surface area contributed by atoms with Gasteiger partial charge in [-0.2, -0.15) is 0 Å². The Bertz CT molecular complexity index is 298. The molecule has 1 amide bonds. The van der Waals surface area contributed by atoms with Crippen LogP contribution in [-0.2, 0) is 4.79 Å². The third kappa shape index (κ3) is 6.03. The molecule has 5 nitrogen and oxygen atoms in total. The lowest BCUT2D eigenvalue weighted by molar-refractivity contribution is -0.120. The minimum atomic E-state index is 0.0617. The highest BCUT2D eigenvalue weighted by Gasteiger charge is 2.25. The van der Waals surface area contributed by atoms with Gasteiger partial charge >= 0.3 is 0 Å². The summed E-state index contributed by atoms with van der Waals surface area (Å²) in [6.07, 6.45) is 1.76. The summed E-state index contributed by atoms with van der Waals surface area (Å²) < 4.78 is 0. The van der Waals surface area contributed by atoms with Gasteiger partial charge in [-0.05, 0) is 13.0 Å². The van der Waals surface area contributed by atoms with Gasteiger partial charge in [0, 0.05) is 45.3 Å². The Morgan fingerprint density at radius 1 is 1.30 bits per heavy atom. The fourth-order valence-corrected chi connectivity index (χ4v) is 2.51. The van der Waals surface area contributed by atoms with Gasteiger partial charge in [-0.3, -0.25) is 9.69 Å². The monoisotopic (exact) mass is 282 g/mol. The van der Waals surface area contributed by atoms with E-state index >= 15 is 0 Å². The largest absolute Gasteiger partial charge is 0.353 e. The van der Waals surface area contributed by atoms with Crippen molar-refractivity contribution in [3.05, 3.63) is 12.7 Å². The number of rotatable bonds is 8. The summed E-state index contributed by atoms with van der Waals surface area (Å²) in [4.78, 5) is 16.6. The molecule has 20 heavy (non-hydrogen) atoms. The van der Waals surface area contributed by atoms with Crippen molar-refractivity contribution in [3.63, 3.8) is 0 Å². The summed E-state index contributed by atoms with van der Waals surface area (Å²) in [7, 11) is 2.16. The molecule has 1 saturated heterocycles. The highest BCUT2D eigenvalue weighted by Crippen LogP contribution is 2.12. The Labute approximate surface area is 123 Å². The first-order valence-electron chi connectivity index (χ1n) is 7.55. The molecule has 1 heterocycles. The molecule has 1 atom stereocenters. The van der Waals surface area contributed by atoms with Crippen LogP contribution in [0.25, 0.3) is 0 Å². The Hall–Kier alpha value is -0.910. The zero-order valence-corrected chi connectivity index (χ0v) is 13.2. The molecule has 0 aromatic carbocycles. The Morgan fingerprint density at radius 2 is 1.95 bits per heavy atom. The van der Waals surface area contributed by atoms with Crippen molar-refractivity contribution in [1.82, 2.24) is 20.4 Å². The Morgan fingerprint density at radius 3 is 2.50 bits per heavy atom. The maximum atomic E-state index is 11.7. The Balaban J connectivity index is 2.35. The normalized spacial score (nSPS) is 19.0. The molecule has 1 unspecified atom stereocenters. The topological polar surface area (TPSA) is 47.6 Å². The van der Waals surface area contributed by atoms with Crippen molar-refractivity contribution >= 4 is 5.91 Å². The third-order valence-electron chi connectivity index (χ3n) is 3.86. The number of nitrogens with one attached hydrogen (secondary N) is 2.